The molecule has 0 bridgehead atoms. The Kier molecular flexibility index (Phi) is 6.83. The van der Waals surface area contributed by atoms with E-state index in [2.05, 4.69) is 25.6 Å². The summed E-state index contributed by atoms with van der Waals surface area (Å²) in [6, 6.07) is 5.99. The van der Waals surface area contributed by atoms with Gasteiger partial charge in [0.25, 0.3) is 0 Å². The maximum absolute atomic E-state index is 13.8. The largest absolute Gasteiger partial charge is 0.396 e. The fourth-order valence-electron chi connectivity index (χ4n) is 4.91. The van der Waals surface area contributed by atoms with E-state index in [1.165, 1.54) is 28.4 Å². The number of aliphatic hydroxyl groups is 3. The van der Waals surface area contributed by atoms with Crippen LogP contribution in [0.5, 0.6) is 0 Å². The van der Waals surface area contributed by atoms with Crippen molar-refractivity contribution in [1.29, 1.82) is 0 Å². The van der Waals surface area contributed by atoms with Gasteiger partial charge in [0.1, 0.15) is 23.9 Å². The summed E-state index contributed by atoms with van der Waals surface area (Å²) >= 11 is 1.52. The Hall–Kier alpha value is -3.76. The Morgan fingerprint density at radius 1 is 1.02 bits per heavy atom. The molecular weight excluding hydrogens is 551 g/mol. The van der Waals surface area contributed by atoms with Crippen LogP contribution in [0.4, 0.5) is 13.2 Å². The van der Waals surface area contributed by atoms with Crippen LogP contribution in [0.1, 0.15) is 23.7 Å². The van der Waals surface area contributed by atoms with E-state index in [1.807, 2.05) is 25.1 Å². The standard InChI is InChI=1S/C25H22F3N7O4S/c1-11-30-16-3-2-12(8-20(16)40-11)18-9-29-32-35(18)25-24(38)22(23(37)19(39-25)4-5-36)34-10-17(31-33-34)13-6-14(26)21(28)15(27)7-13/h2-3,6-10,19,22-25,36-38H,4-5H2,1H3/t19-,22+,23+,24-,25-/m1/s1. The molecule has 1 fully saturated rings. The predicted molar refractivity (Wildman–Crippen MR) is 135 cm³/mol. The van der Waals surface area contributed by atoms with Gasteiger partial charge >= 0.3 is 0 Å². The van der Waals surface area contributed by atoms with Crippen molar-refractivity contribution in [2.24, 2.45) is 0 Å². The summed E-state index contributed by atoms with van der Waals surface area (Å²) in [4.78, 5) is 4.47. The molecule has 0 radical (unpaired) electrons. The summed E-state index contributed by atoms with van der Waals surface area (Å²) < 4.78 is 50.6. The topological polar surface area (TPSA) is 144 Å². The van der Waals surface area contributed by atoms with Gasteiger partial charge in [-0.3, -0.25) is 0 Å². The van der Waals surface area contributed by atoms with Crippen LogP contribution in [-0.4, -0.2) is 75.2 Å². The van der Waals surface area contributed by atoms with Gasteiger partial charge in [-0.25, -0.2) is 27.5 Å². The van der Waals surface area contributed by atoms with Crippen molar-refractivity contribution in [3.05, 3.63) is 65.2 Å². The summed E-state index contributed by atoms with van der Waals surface area (Å²) in [5.41, 5.74) is 1.99. The highest BCUT2D eigenvalue weighted by atomic mass is 32.1. The van der Waals surface area contributed by atoms with Crippen molar-refractivity contribution in [3.8, 4) is 22.5 Å². The summed E-state index contributed by atoms with van der Waals surface area (Å²) in [6.45, 7) is 1.59. The molecule has 3 N–H and O–H groups in total. The van der Waals surface area contributed by atoms with Gasteiger partial charge in [0, 0.05) is 17.7 Å². The highest BCUT2D eigenvalue weighted by Gasteiger charge is 2.47. The number of nitrogens with zero attached hydrogens (tertiary/aromatic N) is 7. The average Bonchev–Trinajstić information content (AvgIpc) is 3.67. The van der Waals surface area contributed by atoms with Crippen LogP contribution in [0.25, 0.3) is 32.7 Å². The minimum Gasteiger partial charge on any atom is -0.396 e. The van der Waals surface area contributed by atoms with Crippen LogP contribution in [0.2, 0.25) is 0 Å². The highest BCUT2D eigenvalue weighted by Crippen LogP contribution is 2.39. The van der Waals surface area contributed by atoms with Gasteiger partial charge in [-0.15, -0.1) is 21.5 Å². The van der Waals surface area contributed by atoms with E-state index in [0.29, 0.717) is 5.69 Å². The number of thiazole rings is 1. The number of aliphatic hydroxyl groups excluding tert-OH is 3. The molecule has 0 spiro atoms. The first-order valence-corrected chi connectivity index (χ1v) is 13.0. The number of hydrogen-bond donors (Lipinski definition) is 3. The Bertz CT molecular complexity index is 1670. The van der Waals surface area contributed by atoms with E-state index in [4.69, 9.17) is 4.74 Å². The lowest BCUT2D eigenvalue weighted by molar-refractivity contribution is -0.228. The summed E-state index contributed by atoms with van der Waals surface area (Å²) in [6.07, 6.45) is -2.15. The first-order chi connectivity index (χ1) is 19.2. The molecule has 1 aliphatic rings. The van der Waals surface area contributed by atoms with E-state index in [0.717, 1.165) is 37.6 Å². The maximum atomic E-state index is 13.8. The van der Waals surface area contributed by atoms with Crippen molar-refractivity contribution < 1.29 is 33.2 Å². The minimum absolute atomic E-state index is 0.0199. The number of hydrogen-bond acceptors (Lipinski definition) is 10. The average molecular weight is 574 g/mol. The molecular formula is C25H22F3N7O4S. The molecule has 4 heterocycles. The minimum atomic E-state index is -1.62. The number of ether oxygens (including phenoxy) is 1. The van der Waals surface area contributed by atoms with E-state index in [1.54, 1.807) is 0 Å². The molecule has 5 aromatic rings. The highest BCUT2D eigenvalue weighted by molar-refractivity contribution is 7.18. The van der Waals surface area contributed by atoms with Crippen molar-refractivity contribution >= 4 is 21.6 Å². The molecule has 0 aliphatic carbocycles. The molecule has 0 amide bonds. The van der Waals surface area contributed by atoms with E-state index >= 15 is 0 Å². The summed E-state index contributed by atoms with van der Waals surface area (Å²) in [5, 5.41) is 49.1. The second kappa shape index (κ2) is 10.3. The van der Waals surface area contributed by atoms with Gasteiger partial charge in [0.15, 0.2) is 23.7 Å². The molecule has 3 aromatic heterocycles. The zero-order chi connectivity index (χ0) is 28.1. The molecule has 5 atom stereocenters. The van der Waals surface area contributed by atoms with Gasteiger partial charge in [0.2, 0.25) is 0 Å². The van der Waals surface area contributed by atoms with Gasteiger partial charge in [0.05, 0.1) is 39.4 Å². The SMILES string of the molecule is Cc1nc2ccc(-c3cnnn3[C@@H]3O[C@H](CCO)[C@H](O)[C@H](n4cc(-c5cc(F)c(F)c(F)c5)nn4)[C@H]3O)cc2s1. The first-order valence-electron chi connectivity index (χ1n) is 12.2. The second-order valence-electron chi connectivity index (χ2n) is 9.37. The number of benzene rings is 2. The van der Waals surface area contributed by atoms with Crippen LogP contribution in [0.15, 0.2) is 42.7 Å². The predicted octanol–water partition coefficient (Wildman–Crippen LogP) is 2.78. The van der Waals surface area contributed by atoms with Gasteiger partial charge in [-0.2, -0.15) is 0 Å². The van der Waals surface area contributed by atoms with E-state index in [9.17, 15) is 28.5 Å². The van der Waals surface area contributed by atoms with Crippen molar-refractivity contribution in [2.75, 3.05) is 6.61 Å². The van der Waals surface area contributed by atoms with Crippen LogP contribution in [0.3, 0.4) is 0 Å². The van der Waals surface area contributed by atoms with Crippen molar-refractivity contribution in [1.82, 2.24) is 35.0 Å². The fourth-order valence-corrected chi connectivity index (χ4v) is 5.77. The normalized spacial score (nSPS) is 23.2. The zero-order valence-electron chi connectivity index (χ0n) is 20.8. The van der Waals surface area contributed by atoms with Gasteiger partial charge in [-0.05, 0) is 37.6 Å². The first kappa shape index (κ1) is 26.5. The maximum Gasteiger partial charge on any atom is 0.194 e. The third-order valence-corrected chi connectivity index (χ3v) is 7.74. The number of rotatable bonds is 6. The molecule has 0 unspecified atom stereocenters. The number of halogens is 3. The quantitative estimate of drug-likeness (QED) is 0.261. The van der Waals surface area contributed by atoms with Crippen LogP contribution in [-0.2, 0) is 4.74 Å². The molecule has 0 saturated carbocycles. The summed E-state index contributed by atoms with van der Waals surface area (Å²) in [7, 11) is 0. The van der Waals surface area contributed by atoms with Crippen molar-refractivity contribution in [2.45, 2.75) is 43.9 Å². The smallest absolute Gasteiger partial charge is 0.194 e. The zero-order valence-corrected chi connectivity index (χ0v) is 21.6. The monoisotopic (exact) mass is 573 g/mol. The Balaban J connectivity index is 1.37. The molecule has 15 heteroatoms. The summed E-state index contributed by atoms with van der Waals surface area (Å²) in [5.74, 6) is -4.41. The molecule has 1 aliphatic heterocycles. The molecule has 40 heavy (non-hydrogen) atoms. The van der Waals surface area contributed by atoms with E-state index < -0.39 is 48.0 Å². The number of fused-ring (bicyclic) bond motifs is 1. The lowest BCUT2D eigenvalue weighted by atomic mass is 9.93. The Labute approximate surface area is 228 Å². The third-order valence-electron chi connectivity index (χ3n) is 6.80. The molecule has 2 aromatic carbocycles. The van der Waals surface area contributed by atoms with Crippen LogP contribution < -0.4 is 0 Å². The van der Waals surface area contributed by atoms with Crippen LogP contribution in [0, 0.1) is 24.4 Å². The lowest BCUT2D eigenvalue weighted by Crippen LogP contribution is -2.53. The van der Waals surface area contributed by atoms with Crippen molar-refractivity contribution in [3.63, 3.8) is 0 Å². The van der Waals surface area contributed by atoms with Gasteiger partial charge in [-0.1, -0.05) is 16.5 Å². The van der Waals surface area contributed by atoms with Gasteiger partial charge < -0.3 is 20.1 Å². The molecule has 11 nitrogen and oxygen atoms in total. The molecule has 1 saturated heterocycles. The van der Waals surface area contributed by atoms with Crippen LogP contribution >= 0.6 is 11.3 Å². The Morgan fingerprint density at radius 2 is 1.80 bits per heavy atom. The fraction of sp³-hybridized carbons (Fsp3) is 0.320. The Morgan fingerprint density at radius 3 is 2.55 bits per heavy atom. The molecule has 208 valence electrons. The number of aryl methyl sites for hydroxylation is 1. The lowest BCUT2D eigenvalue weighted by Gasteiger charge is -2.42. The van der Waals surface area contributed by atoms with E-state index in [-0.39, 0.29) is 24.3 Å². The second-order valence-corrected chi connectivity index (χ2v) is 10.6. The number of aromatic nitrogens is 7. The molecule has 6 rings (SSSR count). The third kappa shape index (κ3) is 4.54.